The Hall–Kier alpha value is -1.27. The third-order valence-corrected chi connectivity index (χ3v) is 3.83. The Kier molecular flexibility index (Phi) is 5.47. The molecule has 21 heavy (non-hydrogen) atoms. The van der Waals surface area contributed by atoms with E-state index in [4.69, 9.17) is 4.52 Å². The Morgan fingerprint density at radius 2 is 2.14 bits per heavy atom. The van der Waals surface area contributed by atoms with E-state index in [9.17, 15) is 4.79 Å². The molecule has 0 amide bonds. The molecule has 1 aromatic rings. The first kappa shape index (κ1) is 16.1. The van der Waals surface area contributed by atoms with E-state index in [2.05, 4.69) is 34.0 Å². The lowest BCUT2D eigenvalue weighted by Crippen LogP contribution is -2.31. The molecule has 1 unspecified atom stereocenters. The lowest BCUT2D eigenvalue weighted by molar-refractivity contribution is -0.119. The number of nitrogens with zero attached hydrogens (tertiary/aromatic N) is 4. The summed E-state index contributed by atoms with van der Waals surface area (Å²) in [6.07, 6.45) is 1.95. The Bertz CT molecular complexity index is 472. The van der Waals surface area contributed by atoms with Crippen LogP contribution in [0.3, 0.4) is 0 Å². The normalized spacial score (nSPS) is 21.7. The molecular weight excluding hydrogens is 268 g/mol. The zero-order valence-electron chi connectivity index (χ0n) is 13.5. The number of aromatic nitrogens is 2. The number of rotatable bonds is 5. The van der Waals surface area contributed by atoms with Crippen molar-refractivity contribution in [2.45, 2.75) is 39.2 Å². The van der Waals surface area contributed by atoms with Gasteiger partial charge in [0.15, 0.2) is 5.82 Å². The molecule has 1 aliphatic rings. The minimum Gasteiger partial charge on any atom is -0.339 e. The molecule has 0 N–H and O–H groups in total. The Balaban J connectivity index is 2.02. The maximum Gasteiger partial charge on any atom is 0.234 e. The van der Waals surface area contributed by atoms with Crippen LogP contribution in [0.2, 0.25) is 0 Å². The summed E-state index contributed by atoms with van der Waals surface area (Å²) in [6.45, 7) is 7.06. The second-order valence-corrected chi connectivity index (χ2v) is 6.47. The standard InChI is InChI=1S/C15H26N4O2/c1-11(2)8-12(20)9-14-16-15(17-21-14)13-10-18(3)6-5-7-19(13)4/h11,13H,5-10H2,1-4H3. The van der Waals surface area contributed by atoms with Crippen molar-refractivity contribution in [1.82, 2.24) is 19.9 Å². The average Bonchev–Trinajstić information content (AvgIpc) is 2.75. The van der Waals surface area contributed by atoms with Gasteiger partial charge in [-0.25, -0.2) is 0 Å². The number of hydrogen-bond donors (Lipinski definition) is 0. The highest BCUT2D eigenvalue weighted by Crippen LogP contribution is 2.21. The van der Waals surface area contributed by atoms with Gasteiger partial charge in [-0.3, -0.25) is 9.69 Å². The van der Waals surface area contributed by atoms with E-state index >= 15 is 0 Å². The molecule has 6 nitrogen and oxygen atoms in total. The van der Waals surface area contributed by atoms with Crippen molar-refractivity contribution in [1.29, 1.82) is 0 Å². The summed E-state index contributed by atoms with van der Waals surface area (Å²) in [4.78, 5) is 20.8. The Labute approximate surface area is 126 Å². The summed E-state index contributed by atoms with van der Waals surface area (Å²) in [7, 11) is 4.20. The van der Waals surface area contributed by atoms with E-state index in [0.717, 1.165) is 26.1 Å². The van der Waals surface area contributed by atoms with Gasteiger partial charge in [0.05, 0.1) is 12.5 Å². The van der Waals surface area contributed by atoms with Gasteiger partial charge in [-0.05, 0) is 39.5 Å². The van der Waals surface area contributed by atoms with Crippen molar-refractivity contribution in [2.75, 3.05) is 33.7 Å². The van der Waals surface area contributed by atoms with Crippen LogP contribution in [0, 0.1) is 5.92 Å². The first-order chi connectivity index (χ1) is 9.95. The highest BCUT2D eigenvalue weighted by atomic mass is 16.5. The topological polar surface area (TPSA) is 62.5 Å². The molecule has 0 aliphatic carbocycles. The van der Waals surface area contributed by atoms with Crippen molar-refractivity contribution in [2.24, 2.45) is 5.92 Å². The van der Waals surface area contributed by atoms with Gasteiger partial charge in [-0.2, -0.15) is 4.98 Å². The maximum atomic E-state index is 11.8. The largest absolute Gasteiger partial charge is 0.339 e. The fourth-order valence-corrected chi connectivity index (χ4v) is 2.72. The van der Waals surface area contributed by atoms with Crippen LogP contribution in [0.15, 0.2) is 4.52 Å². The SMILES string of the molecule is CC(C)CC(=O)Cc1nc(C2CN(C)CCCN2C)no1. The zero-order valence-corrected chi connectivity index (χ0v) is 13.5. The monoisotopic (exact) mass is 294 g/mol. The molecule has 2 heterocycles. The van der Waals surface area contributed by atoms with Gasteiger partial charge < -0.3 is 9.42 Å². The van der Waals surface area contributed by atoms with Crippen LogP contribution in [-0.2, 0) is 11.2 Å². The van der Waals surface area contributed by atoms with Gasteiger partial charge in [0, 0.05) is 13.0 Å². The van der Waals surface area contributed by atoms with Crippen LogP contribution in [0.5, 0.6) is 0 Å². The molecule has 0 radical (unpaired) electrons. The molecule has 1 aromatic heterocycles. The summed E-state index contributed by atoms with van der Waals surface area (Å²) < 4.78 is 5.27. The van der Waals surface area contributed by atoms with Crippen molar-refractivity contribution < 1.29 is 9.32 Å². The summed E-state index contributed by atoms with van der Waals surface area (Å²) in [5, 5.41) is 4.09. The van der Waals surface area contributed by atoms with E-state index in [1.165, 1.54) is 0 Å². The van der Waals surface area contributed by atoms with Crippen LogP contribution < -0.4 is 0 Å². The summed E-state index contributed by atoms with van der Waals surface area (Å²) in [5.41, 5.74) is 0. The number of ketones is 1. The third kappa shape index (κ3) is 4.61. The molecule has 1 saturated heterocycles. The first-order valence-corrected chi connectivity index (χ1v) is 7.68. The highest BCUT2D eigenvalue weighted by molar-refractivity contribution is 5.80. The molecule has 1 fully saturated rings. The van der Waals surface area contributed by atoms with Crippen LogP contribution in [0.25, 0.3) is 0 Å². The van der Waals surface area contributed by atoms with Gasteiger partial charge in [-0.1, -0.05) is 19.0 Å². The molecule has 0 saturated carbocycles. The van der Waals surface area contributed by atoms with Crippen molar-refractivity contribution >= 4 is 5.78 Å². The molecule has 1 aliphatic heterocycles. The summed E-state index contributed by atoms with van der Waals surface area (Å²) in [6, 6.07) is 0.134. The van der Waals surface area contributed by atoms with Crippen molar-refractivity contribution in [3.63, 3.8) is 0 Å². The number of carbonyl (C=O) groups excluding carboxylic acids is 1. The van der Waals surface area contributed by atoms with E-state index in [-0.39, 0.29) is 18.2 Å². The predicted octanol–water partition coefficient (Wildman–Crippen LogP) is 1.54. The predicted molar refractivity (Wildman–Crippen MR) is 79.9 cm³/mol. The fraction of sp³-hybridized carbons (Fsp3) is 0.800. The smallest absolute Gasteiger partial charge is 0.234 e. The van der Waals surface area contributed by atoms with Crippen molar-refractivity contribution in [3.05, 3.63) is 11.7 Å². The number of hydrogen-bond acceptors (Lipinski definition) is 6. The van der Waals surface area contributed by atoms with Gasteiger partial charge >= 0.3 is 0 Å². The number of Topliss-reactive ketones (excluding diaryl/α,β-unsaturated/α-hetero) is 1. The van der Waals surface area contributed by atoms with Crippen molar-refractivity contribution in [3.8, 4) is 0 Å². The van der Waals surface area contributed by atoms with E-state index < -0.39 is 0 Å². The maximum absolute atomic E-state index is 11.8. The van der Waals surface area contributed by atoms with Gasteiger partial charge in [0.2, 0.25) is 5.89 Å². The summed E-state index contributed by atoms with van der Waals surface area (Å²) >= 11 is 0. The van der Waals surface area contributed by atoms with Gasteiger partial charge in [-0.15, -0.1) is 0 Å². The summed E-state index contributed by atoms with van der Waals surface area (Å²) in [5.74, 6) is 1.66. The molecule has 1 atom stereocenters. The van der Waals surface area contributed by atoms with Crippen LogP contribution in [0.1, 0.15) is 44.4 Å². The second-order valence-electron chi connectivity index (χ2n) is 6.47. The molecule has 0 aromatic carbocycles. The molecule has 6 heteroatoms. The quantitative estimate of drug-likeness (QED) is 0.821. The Morgan fingerprint density at radius 3 is 2.86 bits per heavy atom. The minimum absolute atomic E-state index is 0.134. The molecular formula is C15H26N4O2. The second kappa shape index (κ2) is 7.13. The number of carbonyl (C=O) groups is 1. The van der Waals surface area contributed by atoms with E-state index in [0.29, 0.717) is 24.1 Å². The Morgan fingerprint density at radius 1 is 1.38 bits per heavy atom. The lowest BCUT2D eigenvalue weighted by Gasteiger charge is -2.24. The van der Waals surface area contributed by atoms with Crippen LogP contribution >= 0.6 is 0 Å². The third-order valence-electron chi connectivity index (χ3n) is 3.83. The van der Waals surface area contributed by atoms with E-state index in [1.54, 1.807) is 0 Å². The van der Waals surface area contributed by atoms with Gasteiger partial charge in [0.25, 0.3) is 0 Å². The molecule has 118 valence electrons. The molecule has 2 rings (SSSR count). The number of likely N-dealkylation sites (N-methyl/N-ethyl adjacent to an activating group) is 2. The molecule has 0 bridgehead atoms. The first-order valence-electron chi connectivity index (χ1n) is 7.68. The van der Waals surface area contributed by atoms with Crippen LogP contribution in [-0.4, -0.2) is 59.5 Å². The highest BCUT2D eigenvalue weighted by Gasteiger charge is 2.26. The van der Waals surface area contributed by atoms with E-state index in [1.807, 2.05) is 13.8 Å². The zero-order chi connectivity index (χ0) is 15.4. The molecule has 0 spiro atoms. The average molecular weight is 294 g/mol. The van der Waals surface area contributed by atoms with Gasteiger partial charge in [0.1, 0.15) is 5.78 Å². The van der Waals surface area contributed by atoms with Crippen LogP contribution in [0.4, 0.5) is 0 Å². The lowest BCUT2D eigenvalue weighted by atomic mass is 10.1. The minimum atomic E-state index is 0.134. The fourth-order valence-electron chi connectivity index (χ4n) is 2.72.